The normalized spacial score (nSPS) is 13.6. The molecule has 16 heavy (non-hydrogen) atoms. The molecule has 0 aromatic heterocycles. The average Bonchev–Trinajstić information content (AvgIpc) is 2.12. The van der Waals surface area contributed by atoms with Crippen LogP contribution in [0.1, 0.15) is 27.7 Å². The summed E-state index contributed by atoms with van der Waals surface area (Å²) in [5.41, 5.74) is 5.28. The lowest BCUT2D eigenvalue weighted by molar-refractivity contribution is -0.123. The molecule has 0 radical (unpaired) electrons. The number of nitrogens with one attached hydrogen (secondary N) is 1. The molecule has 0 aliphatic heterocycles. The molecule has 0 aromatic rings. The highest BCUT2D eigenvalue weighted by Gasteiger charge is 2.38. The Labute approximate surface area is 97.7 Å². The Balaban J connectivity index is 4.63. The Bertz CT molecular complexity index is 358. The zero-order valence-corrected chi connectivity index (χ0v) is 11.4. The molecule has 0 atom stereocenters. The van der Waals surface area contributed by atoms with Gasteiger partial charge in [-0.2, -0.15) is 0 Å². The van der Waals surface area contributed by atoms with Gasteiger partial charge in [0, 0.05) is 12.8 Å². The lowest BCUT2D eigenvalue weighted by Gasteiger charge is -2.27. The Kier molecular flexibility index (Phi) is 4.53. The van der Waals surface area contributed by atoms with E-state index < -0.39 is 20.5 Å². The summed E-state index contributed by atoms with van der Waals surface area (Å²) < 4.78 is 21.4. The first-order valence-electron chi connectivity index (χ1n) is 5.12. The minimum absolute atomic E-state index is 0.233. The Morgan fingerprint density at radius 2 is 1.69 bits per heavy atom. The molecule has 0 aliphatic rings. The molecule has 96 valence electrons. The molecular weight excluding hydrogens is 228 g/mol. The van der Waals surface area contributed by atoms with Gasteiger partial charge in [-0.1, -0.05) is 13.8 Å². The van der Waals surface area contributed by atoms with E-state index in [0.717, 1.165) is 6.26 Å². The minimum Gasteiger partial charge on any atom is -0.354 e. The van der Waals surface area contributed by atoms with Crippen molar-refractivity contribution in [3.63, 3.8) is 0 Å². The number of carbonyl (C=O) groups excluding carboxylic acids is 1. The zero-order chi connectivity index (χ0) is 13.2. The first-order chi connectivity index (χ1) is 6.94. The minimum atomic E-state index is -3.42. The van der Waals surface area contributed by atoms with Crippen molar-refractivity contribution < 1.29 is 13.2 Å². The number of hydrogen-bond acceptors (Lipinski definition) is 4. The third-order valence-corrected chi connectivity index (χ3v) is 4.79. The summed E-state index contributed by atoms with van der Waals surface area (Å²) in [6, 6.07) is 0. The number of hydrogen-bond donors (Lipinski definition) is 2. The van der Waals surface area contributed by atoms with Crippen molar-refractivity contribution in [2.75, 3.05) is 19.3 Å². The van der Waals surface area contributed by atoms with Crippen LogP contribution in [0.25, 0.3) is 0 Å². The molecule has 5 nitrogen and oxygen atoms in total. The molecule has 0 saturated carbocycles. The Morgan fingerprint density at radius 3 is 2.00 bits per heavy atom. The SMILES string of the molecule is CC(C)(CN)CNC(=O)C(C)(C)S(C)(=O)=O. The molecule has 0 heterocycles. The van der Waals surface area contributed by atoms with E-state index in [2.05, 4.69) is 5.32 Å². The summed E-state index contributed by atoms with van der Waals surface area (Å²) in [4.78, 5) is 11.7. The smallest absolute Gasteiger partial charge is 0.240 e. The van der Waals surface area contributed by atoms with Gasteiger partial charge in [0.1, 0.15) is 4.75 Å². The van der Waals surface area contributed by atoms with E-state index >= 15 is 0 Å². The van der Waals surface area contributed by atoms with E-state index in [1.165, 1.54) is 13.8 Å². The fraction of sp³-hybridized carbons (Fsp3) is 0.900. The van der Waals surface area contributed by atoms with Crippen molar-refractivity contribution in [3.05, 3.63) is 0 Å². The van der Waals surface area contributed by atoms with Crippen LogP contribution in [0.15, 0.2) is 0 Å². The number of sulfone groups is 1. The fourth-order valence-electron chi connectivity index (χ4n) is 0.773. The third-order valence-electron chi connectivity index (χ3n) is 2.75. The standard InChI is InChI=1S/C10H22N2O3S/c1-9(2,6-11)7-12-8(13)10(3,4)16(5,14)15/h6-7,11H2,1-5H3,(H,12,13). The molecule has 0 fully saturated rings. The van der Waals surface area contributed by atoms with Crippen LogP contribution in [0.2, 0.25) is 0 Å². The summed E-state index contributed by atoms with van der Waals surface area (Å²) in [6.07, 6.45) is 1.06. The van der Waals surface area contributed by atoms with Crippen LogP contribution >= 0.6 is 0 Å². The molecule has 0 aromatic carbocycles. The van der Waals surface area contributed by atoms with Gasteiger partial charge in [-0.3, -0.25) is 4.79 Å². The average molecular weight is 250 g/mol. The van der Waals surface area contributed by atoms with E-state index in [1.807, 2.05) is 13.8 Å². The Hall–Kier alpha value is -0.620. The van der Waals surface area contributed by atoms with Gasteiger partial charge in [0.2, 0.25) is 5.91 Å². The molecule has 0 bridgehead atoms. The summed E-state index contributed by atoms with van der Waals surface area (Å²) in [6.45, 7) is 7.38. The molecule has 0 rings (SSSR count). The van der Waals surface area contributed by atoms with Crippen LogP contribution < -0.4 is 11.1 Å². The van der Waals surface area contributed by atoms with Crippen LogP contribution in [0.4, 0.5) is 0 Å². The van der Waals surface area contributed by atoms with Gasteiger partial charge in [-0.05, 0) is 25.8 Å². The van der Waals surface area contributed by atoms with Crippen molar-refractivity contribution in [3.8, 4) is 0 Å². The molecule has 6 heteroatoms. The van der Waals surface area contributed by atoms with Gasteiger partial charge in [0.15, 0.2) is 9.84 Å². The van der Waals surface area contributed by atoms with Crippen LogP contribution in [0, 0.1) is 5.41 Å². The fourth-order valence-corrected chi connectivity index (χ4v) is 1.18. The monoisotopic (exact) mass is 250 g/mol. The topological polar surface area (TPSA) is 89.3 Å². The van der Waals surface area contributed by atoms with Gasteiger partial charge in [-0.25, -0.2) is 8.42 Å². The molecule has 0 saturated heterocycles. The predicted molar refractivity (Wildman–Crippen MR) is 64.8 cm³/mol. The predicted octanol–water partition coefficient (Wildman–Crippen LogP) is -0.0893. The zero-order valence-electron chi connectivity index (χ0n) is 10.6. The molecule has 0 unspecified atom stereocenters. The highest BCUT2D eigenvalue weighted by molar-refractivity contribution is 7.92. The van der Waals surface area contributed by atoms with Gasteiger partial charge in [0.05, 0.1) is 0 Å². The summed E-state index contributed by atoms with van der Waals surface area (Å²) in [5.74, 6) is -0.489. The van der Waals surface area contributed by atoms with Gasteiger partial charge < -0.3 is 11.1 Å². The summed E-state index contributed by atoms with van der Waals surface area (Å²) in [7, 11) is -3.42. The van der Waals surface area contributed by atoms with E-state index in [4.69, 9.17) is 5.73 Å². The number of carbonyl (C=O) groups is 1. The maximum Gasteiger partial charge on any atom is 0.240 e. The number of nitrogens with two attached hydrogens (primary N) is 1. The van der Waals surface area contributed by atoms with Crippen LogP contribution in [-0.2, 0) is 14.6 Å². The number of amides is 1. The molecule has 3 N–H and O–H groups in total. The van der Waals surface area contributed by atoms with E-state index in [-0.39, 0.29) is 5.41 Å². The largest absolute Gasteiger partial charge is 0.354 e. The van der Waals surface area contributed by atoms with Crippen LogP contribution in [-0.4, -0.2) is 38.4 Å². The van der Waals surface area contributed by atoms with E-state index in [1.54, 1.807) is 0 Å². The summed E-state index contributed by atoms with van der Waals surface area (Å²) in [5, 5.41) is 2.62. The van der Waals surface area contributed by atoms with Crippen molar-refractivity contribution in [1.82, 2.24) is 5.32 Å². The highest BCUT2D eigenvalue weighted by atomic mass is 32.2. The highest BCUT2D eigenvalue weighted by Crippen LogP contribution is 2.16. The van der Waals surface area contributed by atoms with Crippen molar-refractivity contribution >= 4 is 15.7 Å². The summed E-state index contributed by atoms with van der Waals surface area (Å²) >= 11 is 0. The van der Waals surface area contributed by atoms with Gasteiger partial charge in [0.25, 0.3) is 0 Å². The molecule has 0 spiro atoms. The van der Waals surface area contributed by atoms with Crippen molar-refractivity contribution in [2.45, 2.75) is 32.4 Å². The second kappa shape index (κ2) is 4.71. The van der Waals surface area contributed by atoms with Crippen LogP contribution in [0.3, 0.4) is 0 Å². The first kappa shape index (κ1) is 15.4. The lowest BCUT2D eigenvalue weighted by Crippen LogP contribution is -2.50. The maximum absolute atomic E-state index is 11.7. The second-order valence-corrected chi connectivity index (χ2v) is 7.90. The Morgan fingerprint density at radius 1 is 1.25 bits per heavy atom. The number of rotatable bonds is 5. The second-order valence-electron chi connectivity index (χ2n) is 5.33. The quantitative estimate of drug-likeness (QED) is 0.713. The van der Waals surface area contributed by atoms with Gasteiger partial charge >= 0.3 is 0 Å². The van der Waals surface area contributed by atoms with Crippen molar-refractivity contribution in [1.29, 1.82) is 0 Å². The van der Waals surface area contributed by atoms with E-state index in [9.17, 15) is 13.2 Å². The lowest BCUT2D eigenvalue weighted by atomic mass is 9.94. The van der Waals surface area contributed by atoms with E-state index in [0.29, 0.717) is 13.1 Å². The van der Waals surface area contributed by atoms with Crippen LogP contribution in [0.5, 0.6) is 0 Å². The molecule has 1 amide bonds. The third kappa shape index (κ3) is 3.75. The first-order valence-corrected chi connectivity index (χ1v) is 7.01. The molecular formula is C10H22N2O3S. The molecule has 0 aliphatic carbocycles. The van der Waals surface area contributed by atoms with Gasteiger partial charge in [-0.15, -0.1) is 0 Å². The van der Waals surface area contributed by atoms with Crippen molar-refractivity contribution in [2.24, 2.45) is 11.1 Å². The maximum atomic E-state index is 11.7.